The zero-order valence-electron chi connectivity index (χ0n) is 17.3. The average molecular weight is 470 g/mol. The largest absolute Gasteiger partial charge is 0.321 e. The van der Waals surface area contributed by atoms with Crippen LogP contribution >= 0.6 is 11.6 Å². The number of nitrogens with zero attached hydrogens (tertiary/aromatic N) is 3. The van der Waals surface area contributed by atoms with Crippen molar-refractivity contribution in [3.63, 3.8) is 0 Å². The van der Waals surface area contributed by atoms with Gasteiger partial charge in [-0.15, -0.1) is 0 Å². The summed E-state index contributed by atoms with van der Waals surface area (Å²) in [6.45, 7) is 4.03. The van der Waals surface area contributed by atoms with Crippen LogP contribution in [0, 0.1) is 0 Å². The van der Waals surface area contributed by atoms with Crippen molar-refractivity contribution < 1.29 is 13.2 Å². The topological polar surface area (TPSA) is 106 Å². The van der Waals surface area contributed by atoms with Crippen molar-refractivity contribution in [3.05, 3.63) is 77.6 Å². The van der Waals surface area contributed by atoms with Crippen molar-refractivity contribution in [2.24, 2.45) is 0 Å². The molecule has 0 unspecified atom stereocenters. The number of halogens is 1. The van der Waals surface area contributed by atoms with Gasteiger partial charge < -0.3 is 5.32 Å². The SMILES string of the molecule is CC(C)n1ncc2cc(NC(=O)c3ccc(S(=O)(=O)Nc4ccc(Cl)cc4)cc3)cnc21. The van der Waals surface area contributed by atoms with Gasteiger partial charge in [0.2, 0.25) is 0 Å². The molecular formula is C22H20ClN5O3S. The number of benzene rings is 2. The maximum Gasteiger partial charge on any atom is 0.261 e. The third-order valence-electron chi connectivity index (χ3n) is 4.70. The molecule has 0 fully saturated rings. The summed E-state index contributed by atoms with van der Waals surface area (Å²) >= 11 is 5.82. The summed E-state index contributed by atoms with van der Waals surface area (Å²) in [6.07, 6.45) is 3.26. The van der Waals surface area contributed by atoms with Crippen LogP contribution in [0.3, 0.4) is 0 Å². The molecular weight excluding hydrogens is 450 g/mol. The second kappa shape index (κ2) is 8.60. The molecule has 4 aromatic rings. The minimum absolute atomic E-state index is 0.0354. The number of carbonyl (C=O) groups excluding carboxylic acids is 1. The number of aromatic nitrogens is 3. The van der Waals surface area contributed by atoms with E-state index >= 15 is 0 Å². The fourth-order valence-corrected chi connectivity index (χ4v) is 4.29. The highest BCUT2D eigenvalue weighted by Gasteiger charge is 2.16. The van der Waals surface area contributed by atoms with E-state index in [1.165, 1.54) is 24.3 Å². The lowest BCUT2D eigenvalue weighted by molar-refractivity contribution is 0.102. The lowest BCUT2D eigenvalue weighted by Crippen LogP contribution is -2.15. The van der Waals surface area contributed by atoms with E-state index < -0.39 is 10.0 Å². The summed E-state index contributed by atoms with van der Waals surface area (Å²) in [5, 5.41) is 8.41. The van der Waals surface area contributed by atoms with Crippen LogP contribution in [-0.2, 0) is 10.0 Å². The van der Waals surface area contributed by atoms with Crippen molar-refractivity contribution >= 4 is 49.9 Å². The number of rotatable bonds is 6. The monoisotopic (exact) mass is 469 g/mol. The van der Waals surface area contributed by atoms with E-state index in [9.17, 15) is 13.2 Å². The molecule has 8 nitrogen and oxygen atoms in total. The van der Waals surface area contributed by atoms with E-state index in [2.05, 4.69) is 20.1 Å². The summed E-state index contributed by atoms with van der Waals surface area (Å²) in [6, 6.07) is 13.9. The number of carbonyl (C=O) groups is 1. The van der Waals surface area contributed by atoms with Crippen molar-refractivity contribution in [1.29, 1.82) is 0 Å². The lowest BCUT2D eigenvalue weighted by Gasteiger charge is -2.10. The highest BCUT2D eigenvalue weighted by Crippen LogP contribution is 2.21. The average Bonchev–Trinajstić information content (AvgIpc) is 3.19. The molecule has 2 N–H and O–H groups in total. The molecule has 4 rings (SSSR count). The number of amides is 1. The number of anilines is 2. The number of hydrogen-bond donors (Lipinski definition) is 2. The Morgan fingerprint density at radius 1 is 1.00 bits per heavy atom. The van der Waals surface area contributed by atoms with Crippen LogP contribution in [0.5, 0.6) is 0 Å². The Morgan fingerprint density at radius 3 is 2.34 bits per heavy atom. The van der Waals surface area contributed by atoms with E-state index in [0.29, 0.717) is 22.0 Å². The molecule has 0 aliphatic rings. The van der Waals surface area contributed by atoms with Gasteiger partial charge >= 0.3 is 0 Å². The number of hydrogen-bond acceptors (Lipinski definition) is 5. The molecule has 0 aliphatic heterocycles. The number of pyridine rings is 1. The molecule has 0 atom stereocenters. The summed E-state index contributed by atoms with van der Waals surface area (Å²) in [7, 11) is -3.80. The molecule has 0 saturated heterocycles. The van der Waals surface area contributed by atoms with Gasteiger partial charge in [0.05, 0.1) is 23.0 Å². The molecule has 0 saturated carbocycles. The maximum atomic E-state index is 12.6. The van der Waals surface area contributed by atoms with Crippen molar-refractivity contribution in [1.82, 2.24) is 14.8 Å². The highest BCUT2D eigenvalue weighted by molar-refractivity contribution is 7.92. The summed E-state index contributed by atoms with van der Waals surface area (Å²) < 4.78 is 29.4. The standard InChI is InChI=1S/C22H20ClN5O3S/c1-14(2)28-21-16(12-25-28)11-19(13-24-21)26-22(29)15-3-9-20(10-4-15)32(30,31)27-18-7-5-17(23)6-8-18/h3-14,27H,1-2H3,(H,26,29). The summed E-state index contributed by atoms with van der Waals surface area (Å²) in [4.78, 5) is 17.0. The van der Waals surface area contributed by atoms with Crippen LogP contribution in [0.15, 0.2) is 71.9 Å². The van der Waals surface area contributed by atoms with Crippen molar-refractivity contribution in [2.75, 3.05) is 10.0 Å². The third kappa shape index (κ3) is 4.58. The smallest absolute Gasteiger partial charge is 0.261 e. The van der Waals surface area contributed by atoms with Crippen LogP contribution in [0.1, 0.15) is 30.2 Å². The molecule has 1 amide bonds. The second-order valence-corrected chi connectivity index (χ2v) is 9.53. The minimum atomic E-state index is -3.80. The molecule has 164 valence electrons. The molecule has 10 heteroatoms. The molecule has 0 aliphatic carbocycles. The van der Waals surface area contributed by atoms with Gasteiger partial charge in [0.1, 0.15) is 0 Å². The third-order valence-corrected chi connectivity index (χ3v) is 6.35. The Morgan fingerprint density at radius 2 is 1.69 bits per heavy atom. The van der Waals surface area contributed by atoms with Crippen LogP contribution in [0.2, 0.25) is 5.02 Å². The van der Waals surface area contributed by atoms with Crippen LogP contribution in [0.4, 0.5) is 11.4 Å². The molecule has 0 spiro atoms. The van der Waals surface area contributed by atoms with Gasteiger partial charge in [0, 0.05) is 27.7 Å². The van der Waals surface area contributed by atoms with Gasteiger partial charge in [0.15, 0.2) is 5.65 Å². The van der Waals surface area contributed by atoms with Crippen LogP contribution < -0.4 is 10.0 Å². The molecule has 0 bridgehead atoms. The van der Waals surface area contributed by atoms with E-state index in [4.69, 9.17) is 11.6 Å². The quantitative estimate of drug-likeness (QED) is 0.425. The van der Waals surface area contributed by atoms with Crippen molar-refractivity contribution in [3.8, 4) is 0 Å². The molecule has 2 heterocycles. The first-order valence-electron chi connectivity index (χ1n) is 9.76. The highest BCUT2D eigenvalue weighted by atomic mass is 35.5. The Balaban J connectivity index is 1.48. The molecule has 2 aromatic heterocycles. The fraction of sp³-hybridized carbons (Fsp3) is 0.136. The van der Waals surface area contributed by atoms with E-state index in [-0.39, 0.29) is 16.8 Å². The van der Waals surface area contributed by atoms with Crippen LogP contribution in [0.25, 0.3) is 11.0 Å². The Hall–Kier alpha value is -3.43. The first kappa shape index (κ1) is 21.8. The predicted molar refractivity (Wildman–Crippen MR) is 125 cm³/mol. The normalized spacial score (nSPS) is 11.6. The number of nitrogens with one attached hydrogen (secondary N) is 2. The maximum absolute atomic E-state index is 12.6. The van der Waals surface area contributed by atoms with Gasteiger partial charge in [-0.3, -0.25) is 9.52 Å². The van der Waals surface area contributed by atoms with Gasteiger partial charge in [0.25, 0.3) is 15.9 Å². The van der Waals surface area contributed by atoms with Gasteiger partial charge in [-0.1, -0.05) is 11.6 Å². The van der Waals surface area contributed by atoms with E-state index in [1.54, 1.807) is 47.4 Å². The summed E-state index contributed by atoms with van der Waals surface area (Å²) in [5.74, 6) is -0.378. The van der Waals surface area contributed by atoms with Crippen molar-refractivity contribution in [2.45, 2.75) is 24.8 Å². The second-order valence-electron chi connectivity index (χ2n) is 7.41. The molecule has 2 aromatic carbocycles. The first-order valence-corrected chi connectivity index (χ1v) is 11.6. The Labute approximate surface area is 190 Å². The Bertz CT molecular complexity index is 1380. The van der Waals surface area contributed by atoms with E-state index in [1.807, 2.05) is 13.8 Å². The van der Waals surface area contributed by atoms with E-state index in [0.717, 1.165) is 11.0 Å². The lowest BCUT2D eigenvalue weighted by atomic mass is 10.2. The van der Waals surface area contributed by atoms with Gasteiger partial charge in [-0.05, 0) is 68.4 Å². The zero-order valence-corrected chi connectivity index (χ0v) is 18.9. The van der Waals surface area contributed by atoms with Gasteiger partial charge in [-0.2, -0.15) is 5.10 Å². The molecule has 0 radical (unpaired) electrons. The summed E-state index contributed by atoms with van der Waals surface area (Å²) in [5.41, 5.74) is 1.96. The molecule has 32 heavy (non-hydrogen) atoms. The number of fused-ring (bicyclic) bond motifs is 1. The predicted octanol–water partition coefficient (Wildman–Crippen LogP) is 4.72. The fourth-order valence-electron chi connectivity index (χ4n) is 3.11. The zero-order chi connectivity index (χ0) is 22.9. The minimum Gasteiger partial charge on any atom is -0.321 e. The van der Waals surface area contributed by atoms with Crippen LogP contribution in [-0.4, -0.2) is 29.1 Å². The Kier molecular flexibility index (Phi) is 5.86. The van der Waals surface area contributed by atoms with Gasteiger partial charge in [-0.25, -0.2) is 18.1 Å². The first-order chi connectivity index (χ1) is 15.2. The number of sulfonamides is 1.